The third-order valence-electron chi connectivity index (χ3n) is 6.47. The number of hydrogen-bond donors (Lipinski definition) is 2. The predicted octanol–water partition coefficient (Wildman–Crippen LogP) is 3.70. The van der Waals surface area contributed by atoms with E-state index in [9.17, 15) is 14.7 Å². The van der Waals surface area contributed by atoms with Crippen molar-refractivity contribution in [2.75, 3.05) is 56.0 Å². The number of rotatable bonds is 5. The largest absolute Gasteiger partial charge is 0.506 e. The van der Waals surface area contributed by atoms with E-state index in [2.05, 4.69) is 15.1 Å². The highest BCUT2D eigenvalue weighted by atomic mass is 35.5. The number of carbonyl (C=O) groups is 2. The van der Waals surface area contributed by atoms with Gasteiger partial charge in [-0.15, -0.1) is 0 Å². The van der Waals surface area contributed by atoms with Gasteiger partial charge in [0.05, 0.1) is 17.0 Å². The first-order chi connectivity index (χ1) is 15.7. The van der Waals surface area contributed by atoms with Crippen molar-refractivity contribution in [3.05, 3.63) is 52.5 Å². The number of likely N-dealkylation sites (tertiary alicyclic amines) is 1. The number of nitrogens with zero attached hydrogens (tertiary/aromatic N) is 3. The van der Waals surface area contributed by atoms with Crippen LogP contribution in [0.4, 0.5) is 11.4 Å². The standard InChI is InChI=1S/C24H28Cl2N4O3/c1-24(23(33)27-18-5-6-21(31)20(26)14-18)7-8-28(16-24)15-22(32)30-11-9-29(10-12-30)19-4-2-3-17(25)13-19/h2-6,13-14,31H,7-12,15-16H2,1H3,(H,27,33). The number of phenols is 1. The zero-order valence-electron chi connectivity index (χ0n) is 18.6. The first-order valence-corrected chi connectivity index (χ1v) is 11.8. The van der Waals surface area contributed by atoms with Gasteiger partial charge in [0, 0.05) is 49.1 Å². The van der Waals surface area contributed by atoms with E-state index >= 15 is 0 Å². The van der Waals surface area contributed by atoms with Crippen LogP contribution in [0.25, 0.3) is 0 Å². The molecular formula is C24H28Cl2N4O3. The van der Waals surface area contributed by atoms with Gasteiger partial charge in [-0.2, -0.15) is 0 Å². The number of amides is 2. The molecule has 1 unspecified atom stereocenters. The third-order valence-corrected chi connectivity index (χ3v) is 7.01. The molecule has 0 bridgehead atoms. The maximum atomic E-state index is 12.9. The van der Waals surface area contributed by atoms with Gasteiger partial charge in [-0.1, -0.05) is 29.3 Å². The minimum Gasteiger partial charge on any atom is -0.506 e. The maximum absolute atomic E-state index is 12.9. The number of anilines is 2. The zero-order valence-corrected chi connectivity index (χ0v) is 20.1. The molecule has 33 heavy (non-hydrogen) atoms. The molecule has 2 aliphatic heterocycles. The summed E-state index contributed by atoms with van der Waals surface area (Å²) in [5, 5.41) is 13.3. The van der Waals surface area contributed by atoms with Crippen LogP contribution in [0.5, 0.6) is 5.75 Å². The average molecular weight is 491 g/mol. The minimum absolute atomic E-state index is 0.0279. The molecule has 0 aliphatic carbocycles. The van der Waals surface area contributed by atoms with E-state index in [1.165, 1.54) is 12.1 Å². The van der Waals surface area contributed by atoms with Crippen LogP contribution in [-0.2, 0) is 9.59 Å². The van der Waals surface area contributed by atoms with Crippen LogP contribution >= 0.6 is 23.2 Å². The average Bonchev–Trinajstić information content (AvgIpc) is 3.18. The molecule has 176 valence electrons. The van der Waals surface area contributed by atoms with Gasteiger partial charge in [-0.05, 0) is 56.3 Å². The van der Waals surface area contributed by atoms with E-state index in [0.29, 0.717) is 49.9 Å². The lowest BCUT2D eigenvalue weighted by molar-refractivity contribution is -0.133. The lowest BCUT2D eigenvalue weighted by Crippen LogP contribution is -2.51. The summed E-state index contributed by atoms with van der Waals surface area (Å²) in [7, 11) is 0. The Labute approximate surface area is 203 Å². The van der Waals surface area contributed by atoms with Gasteiger partial charge in [0.1, 0.15) is 5.75 Å². The first kappa shape index (κ1) is 23.7. The van der Waals surface area contributed by atoms with E-state index in [-0.39, 0.29) is 22.6 Å². The van der Waals surface area contributed by atoms with Crippen LogP contribution in [0, 0.1) is 5.41 Å². The number of hydrogen-bond acceptors (Lipinski definition) is 5. The molecule has 0 radical (unpaired) electrons. The second-order valence-electron chi connectivity index (χ2n) is 8.99. The van der Waals surface area contributed by atoms with Crippen molar-refractivity contribution < 1.29 is 14.7 Å². The van der Waals surface area contributed by atoms with Crippen molar-refractivity contribution in [3.63, 3.8) is 0 Å². The molecule has 0 saturated carbocycles. The Hall–Kier alpha value is -2.48. The molecule has 9 heteroatoms. The molecule has 2 saturated heterocycles. The van der Waals surface area contributed by atoms with Crippen LogP contribution in [0.15, 0.2) is 42.5 Å². The highest BCUT2D eigenvalue weighted by Gasteiger charge is 2.41. The van der Waals surface area contributed by atoms with Gasteiger partial charge >= 0.3 is 0 Å². The number of halogens is 2. The maximum Gasteiger partial charge on any atom is 0.236 e. The van der Waals surface area contributed by atoms with Crippen molar-refractivity contribution in [2.24, 2.45) is 5.41 Å². The molecule has 0 aromatic heterocycles. The molecule has 2 N–H and O–H groups in total. The fraction of sp³-hybridized carbons (Fsp3) is 0.417. The van der Waals surface area contributed by atoms with E-state index < -0.39 is 5.41 Å². The Bertz CT molecular complexity index is 1040. The van der Waals surface area contributed by atoms with Crippen molar-refractivity contribution in [1.29, 1.82) is 0 Å². The van der Waals surface area contributed by atoms with Gasteiger partial charge in [0.2, 0.25) is 11.8 Å². The summed E-state index contributed by atoms with van der Waals surface area (Å²) >= 11 is 12.0. The fourth-order valence-corrected chi connectivity index (χ4v) is 4.79. The van der Waals surface area contributed by atoms with Crippen molar-refractivity contribution in [1.82, 2.24) is 9.80 Å². The van der Waals surface area contributed by atoms with Gasteiger partial charge in [0.15, 0.2) is 0 Å². The molecule has 2 aromatic rings. The van der Waals surface area contributed by atoms with Crippen LogP contribution in [0.3, 0.4) is 0 Å². The summed E-state index contributed by atoms with van der Waals surface area (Å²) in [5.41, 5.74) is 1.01. The molecule has 2 aliphatic rings. The topological polar surface area (TPSA) is 76.1 Å². The SMILES string of the molecule is CC1(C(=O)Nc2ccc(O)c(Cl)c2)CCN(CC(=O)N2CCN(c3cccc(Cl)c3)CC2)C1. The molecule has 2 aromatic carbocycles. The fourth-order valence-electron chi connectivity index (χ4n) is 4.42. The molecule has 2 fully saturated rings. The summed E-state index contributed by atoms with van der Waals surface area (Å²) in [6.45, 7) is 6.29. The monoisotopic (exact) mass is 490 g/mol. The van der Waals surface area contributed by atoms with E-state index in [1.807, 2.05) is 36.1 Å². The summed E-state index contributed by atoms with van der Waals surface area (Å²) in [5.74, 6) is -0.0510. The van der Waals surface area contributed by atoms with E-state index in [4.69, 9.17) is 23.2 Å². The van der Waals surface area contributed by atoms with Crippen molar-refractivity contribution in [2.45, 2.75) is 13.3 Å². The quantitative estimate of drug-likeness (QED) is 0.624. The molecule has 0 spiro atoms. The Morgan fingerprint density at radius 3 is 2.52 bits per heavy atom. The van der Waals surface area contributed by atoms with Crippen LogP contribution in [0.1, 0.15) is 13.3 Å². The summed E-state index contributed by atoms with van der Waals surface area (Å²) in [4.78, 5) is 32.0. The number of aromatic hydroxyl groups is 1. The molecule has 1 atom stereocenters. The molecule has 2 heterocycles. The molecular weight excluding hydrogens is 463 g/mol. The summed E-state index contributed by atoms with van der Waals surface area (Å²) < 4.78 is 0. The lowest BCUT2D eigenvalue weighted by Gasteiger charge is -2.37. The number of piperazine rings is 1. The summed E-state index contributed by atoms with van der Waals surface area (Å²) in [6, 6.07) is 12.4. The first-order valence-electron chi connectivity index (χ1n) is 11.0. The Morgan fingerprint density at radius 1 is 1.06 bits per heavy atom. The highest BCUT2D eigenvalue weighted by Crippen LogP contribution is 2.33. The number of phenolic OH excluding ortho intramolecular Hbond substituents is 1. The zero-order chi connectivity index (χ0) is 23.6. The third kappa shape index (κ3) is 5.54. The van der Waals surface area contributed by atoms with E-state index in [1.54, 1.807) is 6.07 Å². The Balaban J connectivity index is 1.27. The van der Waals surface area contributed by atoms with Crippen LogP contribution in [-0.4, -0.2) is 72.5 Å². The second kappa shape index (κ2) is 9.79. The molecule has 7 nitrogen and oxygen atoms in total. The van der Waals surface area contributed by atoms with E-state index in [0.717, 1.165) is 18.8 Å². The number of benzene rings is 2. The van der Waals surface area contributed by atoms with Crippen molar-refractivity contribution in [3.8, 4) is 5.75 Å². The lowest BCUT2D eigenvalue weighted by atomic mass is 9.88. The Morgan fingerprint density at radius 2 is 1.82 bits per heavy atom. The van der Waals surface area contributed by atoms with Gasteiger partial charge < -0.3 is 20.2 Å². The van der Waals surface area contributed by atoms with Gasteiger partial charge in [-0.25, -0.2) is 0 Å². The van der Waals surface area contributed by atoms with Crippen molar-refractivity contribution >= 4 is 46.4 Å². The van der Waals surface area contributed by atoms with Gasteiger partial charge in [-0.3, -0.25) is 14.5 Å². The smallest absolute Gasteiger partial charge is 0.236 e. The van der Waals surface area contributed by atoms with Gasteiger partial charge in [0.25, 0.3) is 0 Å². The normalized spacial score (nSPS) is 21.3. The Kier molecular flexibility index (Phi) is 7.02. The minimum atomic E-state index is -0.601. The van der Waals surface area contributed by atoms with Crippen LogP contribution in [0.2, 0.25) is 10.0 Å². The number of carbonyl (C=O) groups excluding carboxylic acids is 2. The predicted molar refractivity (Wildman–Crippen MR) is 131 cm³/mol. The molecule has 4 rings (SSSR count). The van der Waals surface area contributed by atoms with Crippen LogP contribution < -0.4 is 10.2 Å². The highest BCUT2D eigenvalue weighted by molar-refractivity contribution is 6.32. The number of nitrogens with one attached hydrogen (secondary N) is 1. The molecule has 2 amide bonds. The summed E-state index contributed by atoms with van der Waals surface area (Å²) in [6.07, 6.45) is 0.667. The second-order valence-corrected chi connectivity index (χ2v) is 9.83.